The van der Waals surface area contributed by atoms with Crippen LogP contribution in [0.2, 0.25) is 0 Å². The van der Waals surface area contributed by atoms with E-state index in [0.29, 0.717) is 11.1 Å². The zero-order valence-corrected chi connectivity index (χ0v) is 13.4. The van der Waals surface area contributed by atoms with Crippen molar-refractivity contribution in [3.05, 3.63) is 28.5 Å². The Hall–Kier alpha value is -0.980. The summed E-state index contributed by atoms with van der Waals surface area (Å²) in [7, 11) is 0. The summed E-state index contributed by atoms with van der Waals surface area (Å²) in [6, 6.07) is 4.24. The van der Waals surface area contributed by atoms with Gasteiger partial charge in [0.25, 0.3) is 0 Å². The van der Waals surface area contributed by atoms with E-state index in [1.165, 1.54) is 12.1 Å². The maximum Gasteiger partial charge on any atom is 0.340 e. The van der Waals surface area contributed by atoms with Crippen molar-refractivity contribution in [1.29, 1.82) is 0 Å². The fourth-order valence-corrected chi connectivity index (χ4v) is 2.34. The first-order valence-electron chi connectivity index (χ1n) is 6.96. The number of benzene rings is 1. The van der Waals surface area contributed by atoms with Gasteiger partial charge in [0.05, 0.1) is 12.7 Å². The van der Waals surface area contributed by atoms with Gasteiger partial charge in [0.2, 0.25) is 0 Å². The van der Waals surface area contributed by atoms with E-state index in [1.54, 1.807) is 13.0 Å². The molecule has 0 spiro atoms. The monoisotopic (exact) mass is 360 g/mol. The summed E-state index contributed by atoms with van der Waals surface area (Å²) in [5.41, 5.74) is 0. The van der Waals surface area contributed by atoms with Gasteiger partial charge in [-0.05, 0) is 44.4 Å². The Morgan fingerprint density at radius 3 is 3.00 bits per heavy atom. The first-order chi connectivity index (χ1) is 10.1. The Labute approximate surface area is 131 Å². The molecule has 1 heterocycles. The average molecular weight is 361 g/mol. The van der Waals surface area contributed by atoms with Crippen LogP contribution in [0.3, 0.4) is 0 Å². The van der Waals surface area contributed by atoms with Crippen LogP contribution >= 0.6 is 15.9 Å². The van der Waals surface area contributed by atoms with Crippen LogP contribution in [0.5, 0.6) is 5.75 Å². The van der Waals surface area contributed by atoms with Crippen LogP contribution < -0.4 is 4.74 Å². The number of ether oxygens (including phenoxy) is 3. The number of carbonyl (C=O) groups excluding carboxylic acids is 1. The highest BCUT2D eigenvalue weighted by molar-refractivity contribution is 9.10. The van der Waals surface area contributed by atoms with Gasteiger partial charge in [-0.3, -0.25) is 0 Å². The van der Waals surface area contributed by atoms with E-state index in [0.717, 1.165) is 25.9 Å². The zero-order chi connectivity index (χ0) is 15.2. The fourth-order valence-electron chi connectivity index (χ4n) is 2.01. The third-order valence-corrected chi connectivity index (χ3v) is 3.74. The van der Waals surface area contributed by atoms with Gasteiger partial charge in [-0.1, -0.05) is 15.9 Å². The third-order valence-electron chi connectivity index (χ3n) is 3.24. The lowest BCUT2D eigenvalue weighted by molar-refractivity contribution is -0.149. The number of halogens is 2. The number of hydrogen-bond acceptors (Lipinski definition) is 4. The highest BCUT2D eigenvalue weighted by atomic mass is 79.9. The maximum absolute atomic E-state index is 13.6. The van der Waals surface area contributed by atoms with E-state index in [-0.39, 0.29) is 11.9 Å². The molecule has 0 N–H and O–H groups in total. The molecule has 0 amide bonds. The lowest BCUT2D eigenvalue weighted by Crippen LogP contribution is -2.31. The molecule has 0 aromatic heterocycles. The largest absolute Gasteiger partial charge is 0.421 e. The van der Waals surface area contributed by atoms with Crippen molar-refractivity contribution in [3.8, 4) is 5.75 Å². The van der Waals surface area contributed by atoms with Gasteiger partial charge in [-0.25, -0.2) is 9.18 Å². The summed E-state index contributed by atoms with van der Waals surface area (Å²) < 4.78 is 30.1. The minimum absolute atomic E-state index is 0.0263. The summed E-state index contributed by atoms with van der Waals surface area (Å²) in [5, 5.41) is 0. The topological polar surface area (TPSA) is 44.8 Å². The fraction of sp³-hybridized carbons (Fsp3) is 0.533. The van der Waals surface area contributed by atoms with Crippen LogP contribution in [0.25, 0.3) is 0 Å². The Morgan fingerprint density at radius 2 is 2.33 bits per heavy atom. The van der Waals surface area contributed by atoms with E-state index >= 15 is 0 Å². The summed E-state index contributed by atoms with van der Waals surface area (Å²) >= 11 is 3.14. The Bertz CT molecular complexity index is 489. The number of hydrogen-bond donors (Lipinski definition) is 0. The van der Waals surface area contributed by atoms with Crippen molar-refractivity contribution in [2.75, 3.05) is 13.2 Å². The van der Waals surface area contributed by atoms with Crippen molar-refractivity contribution in [1.82, 2.24) is 0 Å². The van der Waals surface area contributed by atoms with Crippen LogP contribution in [0.1, 0.15) is 26.2 Å². The summed E-state index contributed by atoms with van der Waals surface area (Å²) in [4.78, 5) is 11.9. The predicted octanol–water partition coefficient (Wildman–Crippen LogP) is 3.47. The van der Waals surface area contributed by atoms with Gasteiger partial charge in [0.1, 0.15) is 0 Å². The van der Waals surface area contributed by atoms with Gasteiger partial charge < -0.3 is 14.2 Å². The van der Waals surface area contributed by atoms with Crippen molar-refractivity contribution < 1.29 is 23.4 Å². The minimum Gasteiger partial charge on any atom is -0.421 e. The molecule has 6 heteroatoms. The smallest absolute Gasteiger partial charge is 0.340 e. The molecule has 0 saturated carbocycles. The molecule has 2 atom stereocenters. The highest BCUT2D eigenvalue weighted by Gasteiger charge is 2.21. The van der Waals surface area contributed by atoms with Gasteiger partial charge >= 0.3 is 5.97 Å². The minimum atomic E-state index is -0.765. The normalized spacial score (nSPS) is 20.0. The van der Waals surface area contributed by atoms with Gasteiger partial charge in [0, 0.05) is 11.1 Å². The maximum atomic E-state index is 13.6. The van der Waals surface area contributed by atoms with E-state index in [4.69, 9.17) is 14.2 Å². The number of carbonyl (C=O) groups is 1. The lowest BCUT2D eigenvalue weighted by atomic mass is 10.1. The molecule has 116 valence electrons. The molecule has 0 radical (unpaired) electrons. The standard InChI is InChI=1S/C15H18BrFO4/c1-10(20-9-12-4-2-3-7-19-12)15(18)21-14-6-5-11(16)8-13(14)17/h5-6,8,10,12H,2-4,7,9H2,1H3. The average Bonchev–Trinajstić information content (AvgIpc) is 2.48. The van der Waals surface area contributed by atoms with E-state index in [2.05, 4.69) is 15.9 Å². The van der Waals surface area contributed by atoms with E-state index in [1.807, 2.05) is 0 Å². The second-order valence-corrected chi connectivity index (χ2v) is 5.88. The predicted molar refractivity (Wildman–Crippen MR) is 78.7 cm³/mol. The van der Waals surface area contributed by atoms with Crippen molar-refractivity contribution in [3.63, 3.8) is 0 Å². The molecule has 1 aromatic rings. The summed E-state index contributed by atoms with van der Waals surface area (Å²) in [6.07, 6.45) is 2.37. The Morgan fingerprint density at radius 1 is 1.52 bits per heavy atom. The van der Waals surface area contributed by atoms with Crippen LogP contribution in [0.4, 0.5) is 4.39 Å². The Balaban J connectivity index is 1.81. The first-order valence-corrected chi connectivity index (χ1v) is 7.75. The molecule has 2 unspecified atom stereocenters. The molecule has 1 aromatic carbocycles. The molecule has 4 nitrogen and oxygen atoms in total. The molecule has 21 heavy (non-hydrogen) atoms. The van der Waals surface area contributed by atoms with Gasteiger partial charge in [-0.2, -0.15) is 0 Å². The second kappa shape index (κ2) is 7.87. The van der Waals surface area contributed by atoms with Gasteiger partial charge in [0.15, 0.2) is 17.7 Å². The molecular weight excluding hydrogens is 343 g/mol. The summed E-state index contributed by atoms with van der Waals surface area (Å²) in [5.74, 6) is -1.32. The molecule has 1 fully saturated rings. The van der Waals surface area contributed by atoms with Crippen LogP contribution in [0, 0.1) is 5.82 Å². The molecule has 1 saturated heterocycles. The first kappa shape index (κ1) is 16.4. The van der Waals surface area contributed by atoms with Crippen LogP contribution in [0.15, 0.2) is 22.7 Å². The SMILES string of the molecule is CC(OCC1CCCCO1)C(=O)Oc1ccc(Br)cc1F. The quantitative estimate of drug-likeness (QED) is 0.595. The van der Waals surface area contributed by atoms with E-state index in [9.17, 15) is 9.18 Å². The lowest BCUT2D eigenvalue weighted by Gasteiger charge is -2.23. The summed E-state index contributed by atoms with van der Waals surface area (Å²) in [6.45, 7) is 2.66. The molecule has 1 aliphatic heterocycles. The van der Waals surface area contributed by atoms with Crippen LogP contribution in [-0.4, -0.2) is 31.4 Å². The van der Waals surface area contributed by atoms with Crippen molar-refractivity contribution in [2.24, 2.45) is 0 Å². The van der Waals surface area contributed by atoms with Crippen LogP contribution in [-0.2, 0) is 14.3 Å². The Kier molecular flexibility index (Phi) is 6.14. The third kappa shape index (κ3) is 5.05. The molecule has 0 bridgehead atoms. The number of rotatable bonds is 5. The highest BCUT2D eigenvalue weighted by Crippen LogP contribution is 2.22. The molecular formula is C15H18BrFO4. The second-order valence-electron chi connectivity index (χ2n) is 4.96. The molecule has 2 rings (SSSR count). The molecule has 1 aliphatic rings. The van der Waals surface area contributed by atoms with E-state index < -0.39 is 17.9 Å². The van der Waals surface area contributed by atoms with Gasteiger partial charge in [-0.15, -0.1) is 0 Å². The van der Waals surface area contributed by atoms with Crippen molar-refractivity contribution >= 4 is 21.9 Å². The zero-order valence-electron chi connectivity index (χ0n) is 11.8. The number of esters is 1. The molecule has 0 aliphatic carbocycles. The van der Waals surface area contributed by atoms with Crippen molar-refractivity contribution in [2.45, 2.75) is 38.4 Å².